The maximum atomic E-state index is 15.1. The van der Waals surface area contributed by atoms with Crippen molar-refractivity contribution in [3.05, 3.63) is 60.7 Å². The molecule has 0 aromatic heterocycles. The summed E-state index contributed by atoms with van der Waals surface area (Å²) in [5.41, 5.74) is 0. The predicted molar refractivity (Wildman–Crippen MR) is 98.6 cm³/mol. The third-order valence-corrected chi connectivity index (χ3v) is 11.3. The Bertz CT molecular complexity index is 1050. The van der Waals surface area contributed by atoms with Gasteiger partial charge in [-0.25, -0.2) is 0 Å². The summed E-state index contributed by atoms with van der Waals surface area (Å²) in [5, 5.41) is 0. The van der Waals surface area contributed by atoms with Gasteiger partial charge in [-0.05, 0) is 0 Å². The summed E-state index contributed by atoms with van der Waals surface area (Å²) in [4.78, 5) is 0. The van der Waals surface area contributed by atoms with Crippen molar-refractivity contribution in [2.45, 2.75) is 45.7 Å². The molecular weight excluding hydrogens is 691 g/mol. The first-order valence-corrected chi connectivity index (χ1v) is 12.9. The van der Waals surface area contributed by atoms with Gasteiger partial charge in [0.15, 0.2) is 0 Å². The van der Waals surface area contributed by atoms with Gasteiger partial charge in [-0.1, -0.05) is 0 Å². The fourth-order valence-corrected chi connectivity index (χ4v) is 8.84. The molecular formula is C20H10F17Te. The molecule has 2 aromatic carbocycles. The van der Waals surface area contributed by atoms with E-state index in [4.69, 9.17) is 0 Å². The quantitative estimate of drug-likeness (QED) is 0.199. The van der Waals surface area contributed by atoms with E-state index in [9.17, 15) is 65.9 Å². The Labute approximate surface area is 208 Å². The Morgan fingerprint density at radius 3 is 0.895 bits per heavy atom. The van der Waals surface area contributed by atoms with Crippen LogP contribution in [-0.2, 0) is 0 Å². The molecule has 0 nitrogen and oxygen atoms in total. The van der Waals surface area contributed by atoms with Crippen LogP contribution in [0.15, 0.2) is 60.7 Å². The van der Waals surface area contributed by atoms with Crippen molar-refractivity contribution in [3.8, 4) is 0 Å². The molecule has 0 amide bonds. The van der Waals surface area contributed by atoms with Crippen molar-refractivity contribution in [1.82, 2.24) is 0 Å². The van der Waals surface area contributed by atoms with Crippen LogP contribution >= 0.6 is 0 Å². The van der Waals surface area contributed by atoms with E-state index < -0.39 is 72.5 Å². The second kappa shape index (κ2) is 9.60. The van der Waals surface area contributed by atoms with Gasteiger partial charge in [0.2, 0.25) is 0 Å². The Balaban J connectivity index is 2.76. The van der Waals surface area contributed by atoms with Gasteiger partial charge < -0.3 is 0 Å². The summed E-state index contributed by atoms with van der Waals surface area (Å²) >= 11 is -5.70. The first-order chi connectivity index (χ1) is 16.8. The minimum atomic E-state index is -8.64. The summed E-state index contributed by atoms with van der Waals surface area (Å²) < 4.78 is 225. The molecule has 0 aliphatic rings. The van der Waals surface area contributed by atoms with Crippen LogP contribution in [0.2, 0.25) is 0 Å². The van der Waals surface area contributed by atoms with Crippen LogP contribution in [-0.4, -0.2) is 65.2 Å². The fraction of sp³-hybridized carbons (Fsp3) is 0.400. The van der Waals surface area contributed by atoms with E-state index in [1.54, 1.807) is 0 Å². The van der Waals surface area contributed by atoms with Gasteiger partial charge in [0.05, 0.1) is 0 Å². The molecule has 0 fully saturated rings. The molecule has 1 radical (unpaired) electrons. The van der Waals surface area contributed by atoms with Crippen molar-refractivity contribution >= 4 is 26.8 Å². The summed E-state index contributed by atoms with van der Waals surface area (Å²) in [6.07, 6.45) is -7.78. The second-order valence-electron chi connectivity index (χ2n) is 7.39. The number of hydrogen-bond acceptors (Lipinski definition) is 0. The van der Waals surface area contributed by atoms with E-state index in [2.05, 4.69) is 0 Å². The van der Waals surface area contributed by atoms with Gasteiger partial charge in [-0.15, -0.1) is 0 Å². The van der Waals surface area contributed by atoms with Gasteiger partial charge in [0, 0.05) is 0 Å². The zero-order valence-electron chi connectivity index (χ0n) is 17.6. The molecule has 0 heterocycles. The van der Waals surface area contributed by atoms with E-state index >= 15 is 8.78 Å². The van der Waals surface area contributed by atoms with E-state index in [0.29, 0.717) is 24.3 Å². The van der Waals surface area contributed by atoms with Gasteiger partial charge in [0.25, 0.3) is 0 Å². The predicted octanol–water partition coefficient (Wildman–Crippen LogP) is 6.84. The molecule has 38 heavy (non-hydrogen) atoms. The molecule has 18 heteroatoms. The van der Waals surface area contributed by atoms with E-state index in [0.717, 1.165) is 36.4 Å². The molecule has 2 aromatic rings. The topological polar surface area (TPSA) is 0 Å². The first kappa shape index (κ1) is 32.3. The SMILES string of the molecule is FC(F)(F)C(F)(F)C(F)(F)C(F)(F)C(F)(F)C(F)(F)C(F)(F)C(F)(F)[Te](c1ccccc1)c1ccccc1. The average molecular weight is 701 g/mol. The summed E-state index contributed by atoms with van der Waals surface area (Å²) in [7, 11) is 0. The zero-order valence-corrected chi connectivity index (χ0v) is 19.9. The van der Waals surface area contributed by atoms with Crippen LogP contribution in [0, 0.1) is 0 Å². The summed E-state index contributed by atoms with van der Waals surface area (Å²) in [6.45, 7) is 0. The van der Waals surface area contributed by atoms with Crippen LogP contribution in [0.5, 0.6) is 0 Å². The molecule has 0 unspecified atom stereocenters. The Hall–Kier alpha value is -1.96. The Morgan fingerprint density at radius 1 is 0.342 bits per heavy atom. The molecule has 0 atom stereocenters. The minimum absolute atomic E-state index is 0.663. The van der Waals surface area contributed by atoms with Crippen LogP contribution < -0.4 is 7.22 Å². The standard InChI is InChI=1S/C20H10F17Te/c21-13(22,15(25,26)17(29,30)19(33,34)35)14(23,24)16(27,28)18(31,32)20(36,37)38(11-7-3-1-4-8-11)12-9-5-2-6-10-12/h1-10H. The second-order valence-corrected chi connectivity index (χ2v) is 13.3. The molecule has 0 saturated carbocycles. The van der Waals surface area contributed by atoms with Crippen molar-refractivity contribution in [2.75, 3.05) is 0 Å². The normalized spacial score (nSPS) is 15.2. The van der Waals surface area contributed by atoms with E-state index in [-0.39, 0.29) is 0 Å². The third kappa shape index (κ3) is 4.48. The van der Waals surface area contributed by atoms with Crippen LogP contribution in [0.1, 0.15) is 0 Å². The Kier molecular flexibility index (Phi) is 8.15. The van der Waals surface area contributed by atoms with Crippen LogP contribution in [0.25, 0.3) is 0 Å². The van der Waals surface area contributed by atoms with Crippen LogP contribution in [0.4, 0.5) is 74.6 Å². The van der Waals surface area contributed by atoms with Crippen molar-refractivity contribution in [1.29, 1.82) is 0 Å². The number of benzene rings is 2. The fourth-order valence-electron chi connectivity index (χ4n) is 2.82. The van der Waals surface area contributed by atoms with Gasteiger partial charge in [-0.2, -0.15) is 0 Å². The molecule has 0 aliphatic heterocycles. The molecule has 0 N–H and O–H groups in total. The summed E-state index contributed by atoms with van der Waals surface area (Å²) in [6, 6.07) is 8.56. The number of alkyl halides is 17. The number of hydrogen-bond donors (Lipinski definition) is 0. The van der Waals surface area contributed by atoms with E-state index in [1.807, 2.05) is 0 Å². The summed E-state index contributed by atoms with van der Waals surface area (Å²) in [5.74, 6) is -49.9. The van der Waals surface area contributed by atoms with Gasteiger partial charge >= 0.3 is 208 Å². The van der Waals surface area contributed by atoms with Crippen LogP contribution in [0.3, 0.4) is 0 Å². The number of halogens is 17. The van der Waals surface area contributed by atoms with Gasteiger partial charge in [0.1, 0.15) is 0 Å². The maximum absolute atomic E-state index is 15.1. The zero-order chi connectivity index (χ0) is 29.8. The van der Waals surface area contributed by atoms with Crippen molar-refractivity contribution < 1.29 is 74.6 Å². The number of rotatable bonds is 9. The third-order valence-electron chi connectivity index (χ3n) is 4.91. The molecule has 0 bridgehead atoms. The molecule has 0 spiro atoms. The molecule has 0 aliphatic carbocycles. The first-order valence-electron chi connectivity index (χ1n) is 9.40. The average Bonchev–Trinajstić information content (AvgIpc) is 2.79. The molecule has 0 saturated heterocycles. The molecule has 215 valence electrons. The monoisotopic (exact) mass is 703 g/mol. The van der Waals surface area contributed by atoms with Crippen molar-refractivity contribution in [3.63, 3.8) is 0 Å². The van der Waals surface area contributed by atoms with Crippen molar-refractivity contribution in [2.24, 2.45) is 0 Å². The Morgan fingerprint density at radius 2 is 0.605 bits per heavy atom. The molecule has 2 rings (SSSR count). The van der Waals surface area contributed by atoms with Gasteiger partial charge in [-0.3, -0.25) is 0 Å². The van der Waals surface area contributed by atoms with E-state index in [1.165, 1.54) is 0 Å².